The van der Waals surface area contributed by atoms with Crippen LogP contribution in [0, 0.1) is 5.82 Å². The van der Waals surface area contributed by atoms with E-state index >= 15 is 0 Å². The van der Waals surface area contributed by atoms with E-state index in [1.54, 1.807) is 24.1 Å². The first-order chi connectivity index (χ1) is 10.6. The molecule has 0 saturated carbocycles. The van der Waals surface area contributed by atoms with E-state index in [0.29, 0.717) is 4.88 Å². The summed E-state index contributed by atoms with van der Waals surface area (Å²) in [4.78, 5) is 15.0. The fraction of sp³-hybridized carbons (Fsp3) is 0.167. The third kappa shape index (κ3) is 2.74. The van der Waals surface area contributed by atoms with Gasteiger partial charge in [0.25, 0.3) is 5.91 Å². The fourth-order valence-corrected chi connectivity index (χ4v) is 3.45. The number of halogens is 1. The summed E-state index contributed by atoms with van der Waals surface area (Å²) in [5, 5.41) is 0.772. The number of carbonyl (C=O) groups is 1. The van der Waals surface area contributed by atoms with E-state index in [4.69, 9.17) is 0 Å². The van der Waals surface area contributed by atoms with E-state index in [1.807, 2.05) is 37.3 Å². The molecule has 0 aliphatic rings. The molecular weight excluding hydrogens is 297 g/mol. The minimum absolute atomic E-state index is 0.0179. The summed E-state index contributed by atoms with van der Waals surface area (Å²) in [6, 6.07) is 16.2. The van der Waals surface area contributed by atoms with Gasteiger partial charge in [0.1, 0.15) is 5.82 Å². The molecule has 2 aromatic carbocycles. The maximum Gasteiger partial charge on any atom is 0.264 e. The number of fused-ring (bicyclic) bond motifs is 1. The molecule has 1 aromatic heterocycles. The van der Waals surface area contributed by atoms with Crippen LogP contribution in [0.15, 0.2) is 54.6 Å². The normalized spacial score (nSPS) is 12.3. The Morgan fingerprint density at radius 1 is 1.14 bits per heavy atom. The van der Waals surface area contributed by atoms with Crippen LogP contribution in [-0.4, -0.2) is 17.9 Å². The van der Waals surface area contributed by atoms with Gasteiger partial charge in [-0.3, -0.25) is 4.79 Å². The predicted molar refractivity (Wildman–Crippen MR) is 88.7 cm³/mol. The molecule has 3 aromatic rings. The number of hydrogen-bond acceptors (Lipinski definition) is 2. The van der Waals surface area contributed by atoms with E-state index in [0.717, 1.165) is 15.6 Å². The number of carbonyl (C=O) groups excluding carboxylic acids is 1. The van der Waals surface area contributed by atoms with Crippen LogP contribution in [0.4, 0.5) is 4.39 Å². The van der Waals surface area contributed by atoms with Crippen molar-refractivity contribution in [2.45, 2.75) is 13.0 Å². The Morgan fingerprint density at radius 2 is 1.86 bits per heavy atom. The van der Waals surface area contributed by atoms with Crippen LogP contribution in [0.2, 0.25) is 0 Å². The minimum Gasteiger partial charge on any atom is -0.334 e. The summed E-state index contributed by atoms with van der Waals surface area (Å²) in [5.74, 6) is -0.326. The first-order valence-corrected chi connectivity index (χ1v) is 7.89. The lowest BCUT2D eigenvalue weighted by Gasteiger charge is -2.24. The maximum absolute atomic E-state index is 13.3. The molecular formula is C18H16FNOS. The van der Waals surface area contributed by atoms with E-state index in [9.17, 15) is 9.18 Å². The van der Waals surface area contributed by atoms with Crippen LogP contribution in [0.25, 0.3) is 10.1 Å². The largest absolute Gasteiger partial charge is 0.334 e. The maximum atomic E-state index is 13.3. The predicted octanol–water partition coefficient (Wildman–Crippen LogP) is 4.87. The molecule has 3 rings (SSSR count). The van der Waals surface area contributed by atoms with Crippen molar-refractivity contribution >= 4 is 27.3 Å². The summed E-state index contributed by atoms with van der Waals surface area (Å²) in [6.45, 7) is 2.00. The van der Waals surface area contributed by atoms with Gasteiger partial charge in [0.15, 0.2) is 0 Å². The van der Waals surface area contributed by atoms with Gasteiger partial charge in [-0.1, -0.05) is 30.3 Å². The highest BCUT2D eigenvalue weighted by Crippen LogP contribution is 2.29. The topological polar surface area (TPSA) is 20.3 Å². The van der Waals surface area contributed by atoms with Gasteiger partial charge in [0.2, 0.25) is 0 Å². The molecule has 0 radical (unpaired) electrons. The van der Waals surface area contributed by atoms with Gasteiger partial charge in [0, 0.05) is 11.7 Å². The molecule has 0 unspecified atom stereocenters. The monoisotopic (exact) mass is 313 g/mol. The Morgan fingerprint density at radius 3 is 2.59 bits per heavy atom. The Balaban J connectivity index is 1.88. The molecule has 0 saturated heterocycles. The van der Waals surface area contributed by atoms with Crippen LogP contribution < -0.4 is 0 Å². The van der Waals surface area contributed by atoms with Crippen molar-refractivity contribution < 1.29 is 9.18 Å². The van der Waals surface area contributed by atoms with E-state index in [-0.39, 0.29) is 17.8 Å². The van der Waals surface area contributed by atoms with Crippen molar-refractivity contribution in [3.63, 3.8) is 0 Å². The number of amides is 1. The van der Waals surface area contributed by atoms with Gasteiger partial charge < -0.3 is 4.90 Å². The van der Waals surface area contributed by atoms with Crippen molar-refractivity contribution in [3.8, 4) is 0 Å². The molecule has 112 valence electrons. The van der Waals surface area contributed by atoms with E-state index in [2.05, 4.69) is 0 Å². The van der Waals surface area contributed by atoms with Crippen molar-refractivity contribution in [1.29, 1.82) is 0 Å². The highest BCUT2D eigenvalue weighted by atomic mass is 32.1. The number of benzene rings is 2. The van der Waals surface area contributed by atoms with Gasteiger partial charge in [-0.05, 0) is 42.1 Å². The lowest BCUT2D eigenvalue weighted by atomic mass is 10.1. The number of thiophene rings is 1. The smallest absolute Gasteiger partial charge is 0.264 e. The highest BCUT2D eigenvalue weighted by molar-refractivity contribution is 7.20. The van der Waals surface area contributed by atoms with Gasteiger partial charge in [0.05, 0.1) is 10.9 Å². The van der Waals surface area contributed by atoms with E-state index < -0.39 is 0 Å². The summed E-state index contributed by atoms with van der Waals surface area (Å²) >= 11 is 1.40. The zero-order chi connectivity index (χ0) is 15.7. The Kier molecular flexibility index (Phi) is 3.94. The molecule has 0 aliphatic carbocycles. The summed E-state index contributed by atoms with van der Waals surface area (Å²) in [6.07, 6.45) is 0. The second-order valence-corrected chi connectivity index (χ2v) is 6.38. The molecule has 0 N–H and O–H groups in total. The van der Waals surface area contributed by atoms with Crippen LogP contribution in [-0.2, 0) is 0 Å². The Bertz CT molecular complexity index is 812. The van der Waals surface area contributed by atoms with Gasteiger partial charge in [-0.2, -0.15) is 0 Å². The number of hydrogen-bond donors (Lipinski definition) is 0. The lowest BCUT2D eigenvalue weighted by Crippen LogP contribution is -2.28. The molecule has 1 heterocycles. The number of rotatable bonds is 3. The third-order valence-electron chi connectivity index (χ3n) is 3.87. The van der Waals surface area contributed by atoms with Crippen LogP contribution >= 0.6 is 11.3 Å². The summed E-state index contributed by atoms with van der Waals surface area (Å²) in [7, 11) is 1.80. The second-order valence-electron chi connectivity index (χ2n) is 5.30. The molecule has 22 heavy (non-hydrogen) atoms. The number of nitrogens with zero attached hydrogens (tertiary/aromatic N) is 1. The molecule has 0 fully saturated rings. The highest BCUT2D eigenvalue weighted by Gasteiger charge is 2.20. The molecule has 1 atom stereocenters. The first-order valence-electron chi connectivity index (χ1n) is 7.07. The van der Waals surface area contributed by atoms with Gasteiger partial charge in [-0.25, -0.2) is 4.39 Å². The molecule has 0 bridgehead atoms. The fourth-order valence-electron chi connectivity index (χ4n) is 2.42. The Labute approximate surface area is 132 Å². The molecule has 2 nitrogen and oxygen atoms in total. The minimum atomic E-state index is -0.282. The average molecular weight is 313 g/mol. The van der Waals surface area contributed by atoms with Crippen molar-refractivity contribution in [3.05, 3.63) is 70.9 Å². The molecule has 1 amide bonds. The SMILES string of the molecule is C[C@@H](c1ccccc1)N(C)C(=O)c1cc2cc(F)ccc2s1. The lowest BCUT2D eigenvalue weighted by molar-refractivity contribution is 0.0747. The van der Waals surface area contributed by atoms with Crippen molar-refractivity contribution in [1.82, 2.24) is 4.90 Å². The third-order valence-corrected chi connectivity index (χ3v) is 4.98. The van der Waals surface area contributed by atoms with Crippen molar-refractivity contribution in [2.75, 3.05) is 7.05 Å². The summed E-state index contributed by atoms with van der Waals surface area (Å²) in [5.41, 5.74) is 1.09. The standard InChI is InChI=1S/C18H16FNOS/c1-12(13-6-4-3-5-7-13)20(2)18(21)17-11-14-10-15(19)8-9-16(14)22-17/h3-12H,1-2H3/t12-/m0/s1. The molecule has 0 spiro atoms. The Hall–Kier alpha value is -2.20. The first kappa shape index (κ1) is 14.7. The van der Waals surface area contributed by atoms with Crippen LogP contribution in [0.3, 0.4) is 0 Å². The van der Waals surface area contributed by atoms with Crippen molar-refractivity contribution in [2.24, 2.45) is 0 Å². The van der Waals surface area contributed by atoms with E-state index in [1.165, 1.54) is 23.5 Å². The second kappa shape index (κ2) is 5.89. The van der Waals surface area contributed by atoms with Crippen LogP contribution in [0.1, 0.15) is 28.2 Å². The summed E-state index contributed by atoms with van der Waals surface area (Å²) < 4.78 is 14.2. The van der Waals surface area contributed by atoms with Crippen LogP contribution in [0.5, 0.6) is 0 Å². The van der Waals surface area contributed by atoms with Gasteiger partial charge >= 0.3 is 0 Å². The zero-order valence-corrected chi connectivity index (χ0v) is 13.2. The quantitative estimate of drug-likeness (QED) is 0.675. The average Bonchev–Trinajstić information content (AvgIpc) is 2.96. The van der Waals surface area contributed by atoms with Gasteiger partial charge in [-0.15, -0.1) is 11.3 Å². The molecule has 0 aliphatic heterocycles. The molecule has 4 heteroatoms. The zero-order valence-electron chi connectivity index (χ0n) is 12.4.